The smallest absolute Gasteiger partial charge is 0.260 e. The molecule has 0 amide bonds. The van der Waals surface area contributed by atoms with E-state index in [0.717, 1.165) is 139 Å². The number of nitriles is 2. The van der Waals surface area contributed by atoms with Crippen molar-refractivity contribution in [2.45, 2.75) is 44.7 Å². The first-order valence-electron chi connectivity index (χ1n) is 27.7. The molecule has 0 aliphatic carbocycles. The molecule has 0 spiro atoms. The first-order chi connectivity index (χ1) is 39.7. The van der Waals surface area contributed by atoms with Crippen LogP contribution in [0, 0.1) is 65.6 Å². The molecular formula is C65H75ClN10O6. The second kappa shape index (κ2) is 32.1. The lowest BCUT2D eigenvalue weighted by molar-refractivity contribution is 0.0341. The number of aryl methyl sites for hydroxylation is 1. The number of halogens is 1. The third-order valence-corrected chi connectivity index (χ3v) is 15.0. The normalized spacial score (nSPS) is 16.3. The van der Waals surface area contributed by atoms with Gasteiger partial charge in [0.15, 0.2) is 0 Å². The molecule has 0 unspecified atom stereocenters. The van der Waals surface area contributed by atoms with Crippen LogP contribution in [0.25, 0.3) is 0 Å². The van der Waals surface area contributed by atoms with Crippen molar-refractivity contribution in [1.82, 2.24) is 39.5 Å². The molecule has 0 radical (unpaired) electrons. The molecule has 2 aromatic heterocycles. The molecule has 428 valence electrons. The molecule has 4 saturated heterocycles. The maximum Gasteiger partial charge on any atom is 0.260 e. The molecule has 17 heteroatoms. The van der Waals surface area contributed by atoms with Crippen LogP contribution in [0.2, 0.25) is 0 Å². The minimum absolute atomic E-state index is 0. The van der Waals surface area contributed by atoms with Crippen LogP contribution in [-0.4, -0.2) is 160 Å². The van der Waals surface area contributed by atoms with E-state index in [1.165, 1.54) is 40.5 Å². The fourth-order valence-corrected chi connectivity index (χ4v) is 10.3. The average molecular weight is 1130 g/mol. The molecule has 16 nitrogen and oxygen atoms in total. The van der Waals surface area contributed by atoms with Gasteiger partial charge in [-0.15, -0.1) is 18.8 Å². The highest BCUT2D eigenvalue weighted by molar-refractivity contribution is 5.85. The minimum Gasteiger partial charge on any atom is -0.490 e. The van der Waals surface area contributed by atoms with Gasteiger partial charge in [0.2, 0.25) is 11.5 Å². The number of rotatable bonds is 18. The zero-order valence-corrected chi connectivity index (χ0v) is 48.7. The van der Waals surface area contributed by atoms with Crippen molar-refractivity contribution in [1.29, 1.82) is 10.5 Å². The zero-order chi connectivity index (χ0) is 56.8. The van der Waals surface area contributed by atoms with Gasteiger partial charge < -0.3 is 38.2 Å². The van der Waals surface area contributed by atoms with E-state index in [4.69, 9.17) is 40.1 Å². The van der Waals surface area contributed by atoms with Crippen molar-refractivity contribution in [3.8, 4) is 59.6 Å². The number of methoxy groups -OCH3 is 4. The number of hydrogen-bond donors (Lipinski definition) is 0. The van der Waals surface area contributed by atoms with E-state index >= 15 is 0 Å². The SMILES string of the molecule is C#Cc1ccc(CN2CCOCC2)cc1.COc1ncnc(C[C@H](CN2CC(C#N)C2)c2ccc(C#Cc3ccc(CN4CCOCC4)cc3)cc2)c1OC.COc1ncnc(C[C@H](CN2CC(C#N)C2)c2ccc(C)cc2)c1OC.Cl. The van der Waals surface area contributed by atoms with Crippen LogP contribution < -0.4 is 18.9 Å². The second-order valence-corrected chi connectivity index (χ2v) is 20.7. The summed E-state index contributed by atoms with van der Waals surface area (Å²) in [4.78, 5) is 26.7. The number of likely N-dealkylation sites (tertiary alicyclic amines) is 2. The van der Waals surface area contributed by atoms with Crippen LogP contribution in [0.3, 0.4) is 0 Å². The van der Waals surface area contributed by atoms with E-state index in [-0.39, 0.29) is 36.1 Å². The lowest BCUT2D eigenvalue weighted by Gasteiger charge is -2.38. The third-order valence-electron chi connectivity index (χ3n) is 15.0. The molecular weight excluding hydrogens is 1050 g/mol. The fraction of sp³-hybridized carbons (Fsp3) is 0.415. The summed E-state index contributed by atoms with van der Waals surface area (Å²) in [6.45, 7) is 16.4. The van der Waals surface area contributed by atoms with Crippen molar-refractivity contribution in [2.75, 3.05) is 120 Å². The highest BCUT2D eigenvalue weighted by atomic mass is 35.5. The van der Waals surface area contributed by atoms with Crippen molar-refractivity contribution in [3.63, 3.8) is 0 Å². The van der Waals surface area contributed by atoms with Crippen LogP contribution >= 0.6 is 12.4 Å². The Morgan fingerprint density at radius 1 is 0.524 bits per heavy atom. The number of ether oxygens (including phenoxy) is 6. The number of aromatic nitrogens is 4. The Kier molecular flexibility index (Phi) is 24.3. The van der Waals surface area contributed by atoms with Crippen molar-refractivity contribution < 1.29 is 28.4 Å². The molecule has 0 saturated carbocycles. The summed E-state index contributed by atoms with van der Waals surface area (Å²) < 4.78 is 32.5. The number of nitrogens with zero attached hydrogens (tertiary/aromatic N) is 10. The number of hydrogen-bond acceptors (Lipinski definition) is 16. The predicted octanol–water partition coefficient (Wildman–Crippen LogP) is 8.01. The maximum atomic E-state index is 9.22. The summed E-state index contributed by atoms with van der Waals surface area (Å²) in [6, 6.07) is 38.5. The number of morpholine rings is 2. The van der Waals surface area contributed by atoms with Gasteiger partial charge in [-0.1, -0.05) is 84.0 Å². The lowest BCUT2D eigenvalue weighted by Crippen LogP contribution is -2.47. The van der Waals surface area contributed by atoms with E-state index in [2.05, 4.69) is 161 Å². The minimum atomic E-state index is 0. The molecule has 4 aliphatic heterocycles. The molecule has 10 rings (SSSR count). The van der Waals surface area contributed by atoms with E-state index in [1.54, 1.807) is 28.4 Å². The zero-order valence-electron chi connectivity index (χ0n) is 47.8. The first kappa shape index (κ1) is 62.0. The van der Waals surface area contributed by atoms with Gasteiger partial charge in [-0.3, -0.25) is 9.80 Å². The molecule has 6 aromatic rings. The van der Waals surface area contributed by atoms with Crippen LogP contribution in [0.15, 0.2) is 110 Å². The van der Waals surface area contributed by atoms with Gasteiger partial charge in [-0.05, 0) is 65.6 Å². The Bertz CT molecular complexity index is 3110. The summed E-state index contributed by atoms with van der Waals surface area (Å²) in [6.07, 6.45) is 9.72. The van der Waals surface area contributed by atoms with Crippen LogP contribution in [-0.2, 0) is 35.4 Å². The summed E-state index contributed by atoms with van der Waals surface area (Å²) >= 11 is 0. The van der Waals surface area contributed by atoms with Crippen molar-refractivity contribution in [3.05, 3.63) is 166 Å². The van der Waals surface area contributed by atoms with Gasteiger partial charge in [0.05, 0.1) is 90.2 Å². The number of benzene rings is 4. The summed E-state index contributed by atoms with van der Waals surface area (Å²) in [7, 11) is 6.37. The van der Waals surface area contributed by atoms with Crippen LogP contribution in [0.4, 0.5) is 0 Å². The molecule has 6 heterocycles. The predicted molar refractivity (Wildman–Crippen MR) is 318 cm³/mol. The van der Waals surface area contributed by atoms with Gasteiger partial charge in [-0.2, -0.15) is 20.5 Å². The maximum absolute atomic E-state index is 9.22. The number of terminal acetylenes is 1. The molecule has 0 bridgehead atoms. The van der Waals surface area contributed by atoms with Gasteiger partial charge in [0, 0.05) is 120 Å². The Morgan fingerprint density at radius 3 is 1.27 bits per heavy atom. The monoisotopic (exact) mass is 1130 g/mol. The fourth-order valence-electron chi connectivity index (χ4n) is 10.3. The van der Waals surface area contributed by atoms with Crippen molar-refractivity contribution >= 4 is 12.4 Å². The van der Waals surface area contributed by atoms with Crippen LogP contribution in [0.5, 0.6) is 23.3 Å². The molecule has 82 heavy (non-hydrogen) atoms. The largest absolute Gasteiger partial charge is 0.490 e. The Hall–Kier alpha value is -7.61. The van der Waals surface area contributed by atoms with Gasteiger partial charge >= 0.3 is 0 Å². The average Bonchev–Trinajstić information content (AvgIpc) is 3.68. The van der Waals surface area contributed by atoms with Gasteiger partial charge in [0.1, 0.15) is 12.7 Å². The Labute approximate surface area is 490 Å². The topological polar surface area (TPSA) is 167 Å². The highest BCUT2D eigenvalue weighted by Gasteiger charge is 2.31. The molecule has 4 fully saturated rings. The summed E-state index contributed by atoms with van der Waals surface area (Å²) in [5.41, 5.74) is 10.9. The molecule has 2 atom stereocenters. The Morgan fingerprint density at radius 2 is 0.902 bits per heavy atom. The molecule has 4 aromatic carbocycles. The highest BCUT2D eigenvalue weighted by Crippen LogP contribution is 2.34. The van der Waals surface area contributed by atoms with E-state index < -0.39 is 0 Å². The molecule has 4 aliphatic rings. The van der Waals surface area contributed by atoms with Crippen molar-refractivity contribution in [2.24, 2.45) is 11.8 Å². The quantitative estimate of drug-likeness (QED) is 0.0759. The van der Waals surface area contributed by atoms with E-state index in [9.17, 15) is 5.26 Å². The second-order valence-electron chi connectivity index (χ2n) is 20.7. The summed E-state index contributed by atoms with van der Waals surface area (Å²) in [5, 5.41) is 18.2. The first-order valence-corrected chi connectivity index (χ1v) is 27.7. The lowest BCUT2D eigenvalue weighted by atomic mass is 9.90. The van der Waals surface area contributed by atoms with Crippen LogP contribution in [0.1, 0.15) is 67.7 Å². The van der Waals surface area contributed by atoms with Gasteiger partial charge in [-0.25, -0.2) is 9.97 Å². The van der Waals surface area contributed by atoms with E-state index in [0.29, 0.717) is 29.7 Å². The standard InChI is InChI=1S/C32H35N5O3.C20H24N4O2.C13H15NO.ClH/c1-38-31-30(34-23-35-32(31)39-2)17-29(22-37-20-27(18-33)21-37)28-11-9-25(10-12-28)4-3-24-5-7-26(8-6-24)19-36-13-15-40-16-14-36;1-14-4-6-16(7-5-14)17(12-24-10-15(9-21)11-24)8-18-19(25-2)20(26-3)23-13-22-18;1-2-12-3-5-13(6-4-12)11-14-7-9-15-10-8-14;/h5-12,23,27,29H,13-17,19-22H2,1-2H3;4-7,13,15,17H,8,10-12H2,1-3H3;1,3-6H,7-11H2;1H/t29-;17-;;/m11../s1. The summed E-state index contributed by atoms with van der Waals surface area (Å²) in [5.74, 6) is 11.9. The van der Waals surface area contributed by atoms with Gasteiger partial charge in [0.25, 0.3) is 11.8 Å². The van der Waals surface area contributed by atoms with E-state index in [1.807, 2.05) is 12.1 Å². The molecule has 0 N–H and O–H groups in total. The third kappa shape index (κ3) is 17.9. The Balaban J connectivity index is 0.000000197.